The summed E-state index contributed by atoms with van der Waals surface area (Å²) in [5.74, 6) is 0.445. The van der Waals surface area contributed by atoms with E-state index in [0.717, 1.165) is 42.7 Å². The molecular formula is C46H52FN9O4S. The highest BCUT2D eigenvalue weighted by Crippen LogP contribution is 2.33. The molecule has 15 heteroatoms. The summed E-state index contributed by atoms with van der Waals surface area (Å²) in [5, 5.41) is 5.36. The van der Waals surface area contributed by atoms with E-state index in [9.17, 15) is 13.4 Å². The number of halogens is 1. The third-order valence-electron chi connectivity index (χ3n) is 12.3. The van der Waals surface area contributed by atoms with Crippen LogP contribution < -0.4 is 11.4 Å². The van der Waals surface area contributed by atoms with Crippen molar-refractivity contribution in [2.24, 2.45) is 22.1 Å². The first-order valence-corrected chi connectivity index (χ1v) is 22.4. The molecule has 1 unspecified atom stereocenters. The average Bonchev–Trinajstić information content (AvgIpc) is 3.97. The second-order valence-electron chi connectivity index (χ2n) is 15.9. The zero-order valence-corrected chi connectivity index (χ0v) is 36.3. The number of hydrogen-bond donors (Lipinski definition) is 1. The zero-order valence-electron chi connectivity index (χ0n) is 35.5. The molecule has 6 aromatic rings. The van der Waals surface area contributed by atoms with E-state index in [1.165, 1.54) is 14.7 Å². The monoisotopic (exact) mass is 845 g/mol. The molecule has 13 nitrogen and oxygen atoms in total. The molecule has 8 rings (SSSR count). The Hall–Kier alpha value is -6.06. The molecule has 2 aliphatic rings. The molecule has 0 saturated carbocycles. The summed E-state index contributed by atoms with van der Waals surface area (Å²) < 4.78 is 44.7. The number of aromatic nitrogens is 5. The van der Waals surface area contributed by atoms with E-state index in [2.05, 4.69) is 32.2 Å². The van der Waals surface area contributed by atoms with Gasteiger partial charge in [0.25, 0.3) is 5.91 Å². The standard InChI is InChI=1S/C46H52FN9O4S/c1-7-61(59,49-5)38-11-9-36(10-12-38)54-20-21-55(46(54)58)44(51-35-24-29(2)43(47)30(3)25-35)42-31(4)53(19-15-39(42)48)45(57)41-27-34-26-33(32-16-22-60-23-17-32)8-13-40(34)56(41)28-37-14-18-50-52(37)6/h8-14,18,20-21,24-27,31-32H,7,15-17,19,22-23,28,48H2,1-6H3/t31-,61?/m0/s1. The number of nitrogens with two attached hydrogens (primary N) is 1. The number of aliphatic imine (C=N–C) groups is 1. The second-order valence-corrected chi connectivity index (χ2v) is 18.6. The van der Waals surface area contributed by atoms with Gasteiger partial charge in [-0.15, -0.1) is 0 Å². The quantitative estimate of drug-likeness (QED) is 0.120. The Bertz CT molecular complexity index is 2880. The molecule has 3 aromatic heterocycles. The summed E-state index contributed by atoms with van der Waals surface area (Å²) in [6.07, 6.45) is 7.23. The summed E-state index contributed by atoms with van der Waals surface area (Å²) in [7, 11) is 0.861. The number of imidazole rings is 1. The van der Waals surface area contributed by atoms with Crippen molar-refractivity contribution in [1.29, 1.82) is 0 Å². The van der Waals surface area contributed by atoms with E-state index in [-0.39, 0.29) is 17.6 Å². The first-order chi connectivity index (χ1) is 29.3. The van der Waals surface area contributed by atoms with Gasteiger partial charge in [-0.1, -0.05) is 13.0 Å². The van der Waals surface area contributed by atoms with Crippen LogP contribution in [-0.4, -0.2) is 82.9 Å². The van der Waals surface area contributed by atoms with Crippen molar-refractivity contribution in [3.05, 3.63) is 141 Å². The Kier molecular flexibility index (Phi) is 11.5. The molecule has 1 saturated heterocycles. The summed E-state index contributed by atoms with van der Waals surface area (Å²) in [6.45, 7) is 9.29. The summed E-state index contributed by atoms with van der Waals surface area (Å²) >= 11 is 0. The highest BCUT2D eigenvalue weighted by molar-refractivity contribution is 7.93. The normalized spacial score (nSPS) is 17.6. The van der Waals surface area contributed by atoms with Crippen molar-refractivity contribution in [3.63, 3.8) is 0 Å². The average molecular weight is 846 g/mol. The van der Waals surface area contributed by atoms with Crippen molar-refractivity contribution in [2.45, 2.75) is 70.4 Å². The van der Waals surface area contributed by atoms with Crippen LogP contribution in [0.25, 0.3) is 16.6 Å². The predicted molar refractivity (Wildman–Crippen MR) is 237 cm³/mol. The molecular weight excluding hydrogens is 794 g/mol. The van der Waals surface area contributed by atoms with E-state index in [1.54, 1.807) is 80.8 Å². The number of carbonyl (C=O) groups is 1. The fourth-order valence-electron chi connectivity index (χ4n) is 8.70. The van der Waals surface area contributed by atoms with Crippen LogP contribution in [0.5, 0.6) is 0 Å². The van der Waals surface area contributed by atoms with Gasteiger partial charge in [0.1, 0.15) is 17.3 Å². The summed E-state index contributed by atoms with van der Waals surface area (Å²) in [4.78, 5) is 37.0. The SMILES string of the molecule is CCS(=O)(=NC)c1ccc(-n2ccn(C(=Nc3cc(C)c(F)c(C)c3)C3=C(N)CCN(C(=O)c4cc5cc(C6CCOCC6)ccc5n4Cc4ccnn4C)[C@H]3C)c2=O)cc1. The Morgan fingerprint density at radius 2 is 1.74 bits per heavy atom. The molecule has 0 radical (unpaired) electrons. The van der Waals surface area contributed by atoms with Gasteiger partial charge in [0.05, 0.1) is 39.4 Å². The molecule has 61 heavy (non-hydrogen) atoms. The summed E-state index contributed by atoms with van der Waals surface area (Å²) in [6, 6.07) is 20.0. The second kappa shape index (κ2) is 16.8. The van der Waals surface area contributed by atoms with E-state index in [0.29, 0.717) is 75.5 Å². The van der Waals surface area contributed by atoms with Crippen molar-refractivity contribution < 1.29 is 18.1 Å². The van der Waals surface area contributed by atoms with Crippen LogP contribution in [-0.2, 0) is 28.1 Å². The van der Waals surface area contributed by atoms with Gasteiger partial charge >= 0.3 is 5.69 Å². The van der Waals surface area contributed by atoms with Crippen molar-refractivity contribution in [2.75, 3.05) is 32.6 Å². The maximum Gasteiger partial charge on any atom is 0.338 e. The Balaban J connectivity index is 1.21. The maximum absolute atomic E-state index is 15.1. The van der Waals surface area contributed by atoms with Gasteiger partial charge in [0, 0.05) is 91.7 Å². The maximum atomic E-state index is 15.1. The van der Waals surface area contributed by atoms with Gasteiger partial charge in [-0.25, -0.2) is 22.7 Å². The first-order valence-electron chi connectivity index (χ1n) is 20.7. The van der Waals surface area contributed by atoms with E-state index >= 15 is 4.79 Å². The number of rotatable bonds is 9. The molecule has 318 valence electrons. The van der Waals surface area contributed by atoms with Crippen LogP contribution in [0, 0.1) is 19.7 Å². The van der Waals surface area contributed by atoms with Gasteiger partial charge in [0.2, 0.25) is 0 Å². The van der Waals surface area contributed by atoms with Crippen molar-refractivity contribution in [1.82, 2.24) is 28.4 Å². The first kappa shape index (κ1) is 41.7. The molecule has 1 amide bonds. The number of amides is 1. The van der Waals surface area contributed by atoms with Gasteiger partial charge < -0.3 is 19.9 Å². The largest absolute Gasteiger partial charge is 0.402 e. The third kappa shape index (κ3) is 7.76. The van der Waals surface area contributed by atoms with Crippen molar-refractivity contribution in [3.8, 4) is 5.69 Å². The lowest BCUT2D eigenvalue weighted by Crippen LogP contribution is -2.48. The predicted octanol–water partition coefficient (Wildman–Crippen LogP) is 7.23. The number of nitrogens with zero attached hydrogens (tertiary/aromatic N) is 8. The number of fused-ring (bicyclic) bond motifs is 1. The Morgan fingerprint density at radius 1 is 1.02 bits per heavy atom. The van der Waals surface area contributed by atoms with E-state index in [4.69, 9.17) is 15.5 Å². The number of hydrogen-bond acceptors (Lipinski definition) is 8. The van der Waals surface area contributed by atoms with Crippen LogP contribution in [0.3, 0.4) is 0 Å². The van der Waals surface area contributed by atoms with Crippen LogP contribution in [0.2, 0.25) is 0 Å². The fraction of sp³-hybridized carbons (Fsp3) is 0.348. The minimum absolute atomic E-state index is 0.191. The Morgan fingerprint density at radius 3 is 2.39 bits per heavy atom. The third-order valence-corrected chi connectivity index (χ3v) is 14.6. The lowest BCUT2D eigenvalue weighted by molar-refractivity contribution is 0.0700. The van der Waals surface area contributed by atoms with Gasteiger partial charge in [-0.2, -0.15) is 5.10 Å². The molecule has 3 aromatic carbocycles. The molecule has 0 spiro atoms. The van der Waals surface area contributed by atoms with Crippen LogP contribution >= 0.6 is 0 Å². The Labute approximate surface area is 355 Å². The fourth-order valence-corrected chi connectivity index (χ4v) is 10.1. The van der Waals surface area contributed by atoms with Crippen LogP contribution in [0.1, 0.15) is 71.9 Å². The highest BCUT2D eigenvalue weighted by Gasteiger charge is 2.35. The minimum atomic E-state index is -2.57. The van der Waals surface area contributed by atoms with Gasteiger partial charge in [-0.05, 0) is 117 Å². The number of benzene rings is 3. The zero-order chi connectivity index (χ0) is 43.2. The molecule has 1 fully saturated rings. The highest BCUT2D eigenvalue weighted by atomic mass is 32.2. The van der Waals surface area contributed by atoms with Gasteiger partial charge in [0.15, 0.2) is 0 Å². The van der Waals surface area contributed by atoms with E-state index < -0.39 is 21.5 Å². The minimum Gasteiger partial charge on any atom is -0.402 e. The molecule has 0 aliphatic carbocycles. The molecule has 2 N–H and O–H groups in total. The summed E-state index contributed by atoms with van der Waals surface area (Å²) in [5.41, 5.74) is 12.9. The smallest absolute Gasteiger partial charge is 0.338 e. The lowest BCUT2D eigenvalue weighted by atomic mass is 9.91. The molecule has 5 heterocycles. The van der Waals surface area contributed by atoms with Gasteiger partial charge in [-0.3, -0.25) is 18.6 Å². The number of carbonyl (C=O) groups excluding carboxylic acids is 1. The lowest BCUT2D eigenvalue weighted by Gasteiger charge is -2.36. The van der Waals surface area contributed by atoms with Crippen LogP contribution in [0.15, 0.2) is 116 Å². The molecule has 2 aliphatic heterocycles. The molecule has 2 atom stereocenters. The van der Waals surface area contributed by atoms with E-state index in [1.807, 2.05) is 37.7 Å². The number of aryl methyl sites for hydroxylation is 3. The number of ether oxygens (including phenoxy) is 1. The van der Waals surface area contributed by atoms with Crippen molar-refractivity contribution >= 4 is 38.1 Å². The molecule has 0 bridgehead atoms. The topological polar surface area (TPSA) is 147 Å². The van der Waals surface area contributed by atoms with Crippen LogP contribution in [0.4, 0.5) is 10.1 Å².